The van der Waals surface area contributed by atoms with E-state index in [0.717, 1.165) is 0 Å². The van der Waals surface area contributed by atoms with Crippen molar-refractivity contribution in [2.75, 3.05) is 0 Å². The fraction of sp³-hybridized carbons (Fsp3) is 1.00. The molecule has 1 nitrogen and oxygen atoms in total. The van der Waals surface area contributed by atoms with Gasteiger partial charge >= 0.3 is 41.9 Å². The molecule has 0 aromatic heterocycles. The van der Waals surface area contributed by atoms with E-state index in [9.17, 15) is 0 Å². The van der Waals surface area contributed by atoms with E-state index in [0.29, 0.717) is 11.1 Å². The molecule has 1 fully saturated rings. The standard InChI is InChI=1S/C9H19N.2ClH.Li.Mg.Zn.3H/c1-8(2)6-5-7-9(3,4)10-8;;;;;;;;/h10H,5-7H2,1-4H3;2*1H;;;;;;. The van der Waals surface area contributed by atoms with Crippen LogP contribution in [-0.2, 0) is 19.5 Å². The van der Waals surface area contributed by atoms with E-state index >= 15 is 0 Å². The fourth-order valence-electron chi connectivity index (χ4n) is 2.01. The van der Waals surface area contributed by atoms with Crippen molar-refractivity contribution in [1.82, 2.24) is 5.32 Å². The Hall–Kier alpha value is 2.53. The van der Waals surface area contributed by atoms with Crippen LogP contribution in [0.1, 0.15) is 47.0 Å². The molecule has 0 unspecified atom stereocenters. The molecule has 1 heterocycles. The number of piperidine rings is 1. The maximum atomic E-state index is 3.63. The van der Waals surface area contributed by atoms with Crippen molar-refractivity contribution in [1.29, 1.82) is 0 Å². The second kappa shape index (κ2) is 11.6. The number of nitrogens with one attached hydrogen (secondary N) is 1. The number of rotatable bonds is 0. The van der Waals surface area contributed by atoms with Crippen LogP contribution in [0.25, 0.3) is 0 Å². The SMILES string of the molecule is CC1(C)CCCC(C)(C)N1.Cl.Cl.[LiH].[MgH2].[Zn]. The van der Waals surface area contributed by atoms with E-state index in [-0.39, 0.29) is 86.2 Å². The molecule has 1 saturated heterocycles. The van der Waals surface area contributed by atoms with Gasteiger partial charge in [-0.05, 0) is 47.0 Å². The van der Waals surface area contributed by atoms with Gasteiger partial charge in [0.1, 0.15) is 0 Å². The molecule has 0 saturated carbocycles. The zero-order chi connectivity index (χ0) is 7.83. The van der Waals surface area contributed by atoms with Crippen molar-refractivity contribution in [2.24, 2.45) is 0 Å². The van der Waals surface area contributed by atoms with E-state index in [4.69, 9.17) is 0 Å². The summed E-state index contributed by atoms with van der Waals surface area (Å²) in [5.41, 5.74) is 0.726. The molecule has 6 heteroatoms. The molecule has 1 aliphatic rings. The van der Waals surface area contributed by atoms with Crippen LogP contribution >= 0.6 is 24.8 Å². The molecule has 1 N–H and O–H groups in total. The summed E-state index contributed by atoms with van der Waals surface area (Å²) in [6, 6.07) is 0. The van der Waals surface area contributed by atoms with Gasteiger partial charge in [0, 0.05) is 30.6 Å². The second-order valence-corrected chi connectivity index (χ2v) is 4.75. The Morgan fingerprint density at radius 3 is 1.27 bits per heavy atom. The monoisotopic (exact) mass is 311 g/mol. The predicted molar refractivity (Wildman–Crippen MR) is 75.3 cm³/mol. The smallest absolute Gasteiger partial charge is 0 e. The normalized spacial score (nSPS) is 20.0. The number of hydrogen-bond donors (Lipinski definition) is 1. The van der Waals surface area contributed by atoms with Crippen LogP contribution in [0.3, 0.4) is 0 Å². The van der Waals surface area contributed by atoms with Gasteiger partial charge in [-0.25, -0.2) is 0 Å². The van der Waals surface area contributed by atoms with Crippen molar-refractivity contribution in [3.8, 4) is 0 Å². The molecule has 15 heavy (non-hydrogen) atoms. The zero-order valence-electron chi connectivity index (χ0n) is 9.14. The Morgan fingerprint density at radius 1 is 0.867 bits per heavy atom. The van der Waals surface area contributed by atoms with E-state index in [1.807, 2.05) is 0 Å². The van der Waals surface area contributed by atoms with E-state index in [2.05, 4.69) is 33.0 Å². The number of halogens is 2. The van der Waals surface area contributed by atoms with Crippen molar-refractivity contribution >= 4 is 66.7 Å². The van der Waals surface area contributed by atoms with Gasteiger partial charge in [0.15, 0.2) is 0 Å². The van der Waals surface area contributed by atoms with Crippen LogP contribution in [0, 0.1) is 0 Å². The van der Waals surface area contributed by atoms with Crippen LogP contribution in [0.5, 0.6) is 0 Å². The topological polar surface area (TPSA) is 12.0 Å². The molecule has 0 spiro atoms. The largest absolute Gasteiger partial charge is 0.316 e. The predicted octanol–water partition coefficient (Wildman–Crippen LogP) is 1.59. The minimum Gasteiger partial charge on any atom is 0 e. The van der Waals surface area contributed by atoms with Gasteiger partial charge in [-0.1, -0.05) is 0 Å². The summed E-state index contributed by atoms with van der Waals surface area (Å²) in [5.74, 6) is 0. The fourth-order valence-corrected chi connectivity index (χ4v) is 2.01. The summed E-state index contributed by atoms with van der Waals surface area (Å²) in [5, 5.41) is 3.63. The number of hydrogen-bond acceptors (Lipinski definition) is 1. The van der Waals surface area contributed by atoms with Crippen LogP contribution in [0.4, 0.5) is 0 Å². The molecule has 0 amide bonds. The molecule has 0 radical (unpaired) electrons. The quantitative estimate of drug-likeness (QED) is 0.670. The summed E-state index contributed by atoms with van der Waals surface area (Å²) in [6.45, 7) is 9.14. The van der Waals surface area contributed by atoms with Gasteiger partial charge in [-0.2, -0.15) is 0 Å². The van der Waals surface area contributed by atoms with Gasteiger partial charge in [-0.15, -0.1) is 24.8 Å². The van der Waals surface area contributed by atoms with Crippen LogP contribution in [0.2, 0.25) is 0 Å². The van der Waals surface area contributed by atoms with Crippen LogP contribution in [-0.4, -0.2) is 53.0 Å². The third-order valence-corrected chi connectivity index (χ3v) is 2.28. The third-order valence-electron chi connectivity index (χ3n) is 2.28. The van der Waals surface area contributed by atoms with Gasteiger partial charge in [0.2, 0.25) is 0 Å². The summed E-state index contributed by atoms with van der Waals surface area (Å²) < 4.78 is 0. The van der Waals surface area contributed by atoms with E-state index < -0.39 is 0 Å². The minimum absolute atomic E-state index is 0. The summed E-state index contributed by atoms with van der Waals surface area (Å²) in [7, 11) is 0. The van der Waals surface area contributed by atoms with Crippen molar-refractivity contribution in [3.05, 3.63) is 0 Å². The minimum atomic E-state index is 0. The second-order valence-electron chi connectivity index (χ2n) is 4.75. The summed E-state index contributed by atoms with van der Waals surface area (Å²) in [4.78, 5) is 0. The molecular weight excluding hydrogens is 290 g/mol. The zero-order valence-corrected chi connectivity index (χ0v) is 13.7. The van der Waals surface area contributed by atoms with Gasteiger partial charge in [0.25, 0.3) is 0 Å². The first-order valence-electron chi connectivity index (χ1n) is 4.21. The van der Waals surface area contributed by atoms with Gasteiger partial charge in [-0.3, -0.25) is 0 Å². The average molecular weight is 314 g/mol. The molecule has 0 aromatic carbocycles. The van der Waals surface area contributed by atoms with Gasteiger partial charge < -0.3 is 5.32 Å². The van der Waals surface area contributed by atoms with Gasteiger partial charge in [0.05, 0.1) is 0 Å². The molecule has 84 valence electrons. The Labute approximate surface area is 148 Å². The summed E-state index contributed by atoms with van der Waals surface area (Å²) in [6.07, 6.45) is 4.00. The first-order chi connectivity index (χ1) is 4.41. The Balaban J connectivity index is -0.0000000667. The van der Waals surface area contributed by atoms with E-state index in [1.165, 1.54) is 19.3 Å². The van der Waals surface area contributed by atoms with Crippen molar-refractivity contribution in [2.45, 2.75) is 58.0 Å². The van der Waals surface area contributed by atoms with E-state index in [1.54, 1.807) is 0 Å². The van der Waals surface area contributed by atoms with Crippen molar-refractivity contribution < 1.29 is 19.5 Å². The Bertz CT molecular complexity index is 134. The summed E-state index contributed by atoms with van der Waals surface area (Å²) >= 11 is 0. The average Bonchev–Trinajstić information content (AvgIpc) is 1.56. The first kappa shape index (κ1) is 30.5. The third kappa shape index (κ3) is 12.8. The molecule has 0 aliphatic carbocycles. The molecule has 1 rings (SSSR count). The van der Waals surface area contributed by atoms with Crippen LogP contribution in [0.15, 0.2) is 0 Å². The molecule has 0 aromatic rings. The first-order valence-corrected chi connectivity index (χ1v) is 4.21. The molecule has 0 atom stereocenters. The molecular formula is C9H24Cl2LiMgNZn. The Kier molecular flexibility index (Phi) is 23.6. The molecule has 1 aliphatic heterocycles. The van der Waals surface area contributed by atoms with Crippen molar-refractivity contribution in [3.63, 3.8) is 0 Å². The molecule has 0 bridgehead atoms. The Morgan fingerprint density at radius 2 is 1.13 bits per heavy atom. The maximum Gasteiger partial charge on any atom is 0.316 e. The maximum absolute atomic E-state index is 3.63. The van der Waals surface area contributed by atoms with Crippen LogP contribution < -0.4 is 5.32 Å².